The normalized spacial score (nSPS) is 25.8. The Morgan fingerprint density at radius 1 is 1.10 bits per heavy atom. The molecule has 3 atom stereocenters. The zero-order chi connectivity index (χ0) is 27.4. The molecule has 0 spiro atoms. The Morgan fingerprint density at radius 3 is 2.73 bits per heavy atom. The number of H-pyrrole nitrogens is 1. The van der Waals surface area contributed by atoms with E-state index in [9.17, 15) is 4.79 Å². The summed E-state index contributed by atoms with van der Waals surface area (Å²) in [6.07, 6.45) is 8.38. The summed E-state index contributed by atoms with van der Waals surface area (Å²) in [5, 5.41) is 4.48. The summed E-state index contributed by atoms with van der Waals surface area (Å²) in [5.74, 6) is 1.97. The van der Waals surface area contributed by atoms with Crippen molar-refractivity contribution in [3.63, 3.8) is 0 Å². The van der Waals surface area contributed by atoms with Crippen molar-refractivity contribution < 1.29 is 9.26 Å². The average molecular weight is 564 g/mol. The summed E-state index contributed by atoms with van der Waals surface area (Å²) in [6.45, 7) is 6.14. The number of anilines is 1. The summed E-state index contributed by atoms with van der Waals surface area (Å²) in [7, 11) is 0. The zero-order valence-electron chi connectivity index (χ0n) is 22.8. The van der Waals surface area contributed by atoms with E-state index in [1.54, 1.807) is 0 Å². The van der Waals surface area contributed by atoms with Crippen molar-refractivity contribution in [1.82, 2.24) is 29.7 Å². The Hall–Kier alpha value is -3.24. The number of hydrogen-bond donors (Lipinski definition) is 1. The van der Waals surface area contributed by atoms with Gasteiger partial charge in [0.2, 0.25) is 17.6 Å². The minimum atomic E-state index is -0.657. The molecular weight excluding hydrogens is 530 g/mol. The lowest BCUT2D eigenvalue weighted by Crippen LogP contribution is -2.50. The van der Waals surface area contributed by atoms with Crippen LogP contribution in [0.15, 0.2) is 33.6 Å². The van der Waals surface area contributed by atoms with E-state index in [1.807, 2.05) is 24.3 Å². The molecule has 2 saturated carbocycles. The molecule has 0 bridgehead atoms. The molecule has 3 aliphatic rings. The first-order valence-corrected chi connectivity index (χ1v) is 14.8. The van der Waals surface area contributed by atoms with Crippen molar-refractivity contribution in [2.24, 2.45) is 11.8 Å². The van der Waals surface area contributed by atoms with Crippen molar-refractivity contribution in [2.75, 3.05) is 18.1 Å². The number of aromatic nitrogens is 6. The minimum Gasteiger partial charge on any atom is -0.374 e. The number of imidazole rings is 1. The maximum atomic E-state index is 11.8. The highest BCUT2D eigenvalue weighted by molar-refractivity contribution is 6.30. The van der Waals surface area contributed by atoms with Gasteiger partial charge in [0.25, 0.3) is 0 Å². The van der Waals surface area contributed by atoms with Crippen molar-refractivity contribution in [1.29, 1.82) is 0 Å². The number of halogens is 1. The van der Waals surface area contributed by atoms with Crippen LogP contribution in [0.3, 0.4) is 0 Å². The number of aromatic amines is 1. The predicted octanol–water partition coefficient (Wildman–Crippen LogP) is 5.64. The van der Waals surface area contributed by atoms with Crippen molar-refractivity contribution >= 4 is 28.7 Å². The molecule has 3 fully saturated rings. The van der Waals surface area contributed by atoms with Gasteiger partial charge in [0.1, 0.15) is 11.2 Å². The first kappa shape index (κ1) is 25.7. The van der Waals surface area contributed by atoms with E-state index >= 15 is 0 Å². The SMILES string of the molecule is CC([C@H]1CC[C@H](C)CC1)n1c(N2CCOC3CCCC32)nc2nc(-c3noc(=O)[nH]3)nc(-c3cccc(Cl)c3)c21. The second kappa shape index (κ2) is 10.3. The molecule has 10 nitrogen and oxygen atoms in total. The van der Waals surface area contributed by atoms with Crippen LogP contribution in [-0.4, -0.2) is 55.0 Å². The fourth-order valence-electron chi connectivity index (χ4n) is 7.00. The Bertz CT molecular complexity index is 1590. The van der Waals surface area contributed by atoms with Crippen LogP contribution in [-0.2, 0) is 4.74 Å². The standard InChI is InChI=1S/C29H34ClN7O3/c1-16-9-11-18(12-10-16)17(2)37-24-23(19-5-3-6-20(30)15-19)31-26(27-34-29(38)40-35-27)32-25(24)33-28(37)36-13-14-39-22-8-4-7-21(22)36/h3,5-6,15-18,21-22H,4,7-14H2,1-2H3,(H,34,35,38)/t16-,17?,18-,21?,22?. The molecule has 3 aromatic heterocycles. The third-order valence-corrected chi connectivity index (χ3v) is 9.40. The molecule has 4 heterocycles. The molecule has 7 rings (SSSR count). The zero-order valence-corrected chi connectivity index (χ0v) is 23.6. The Kier molecular flexibility index (Phi) is 6.62. The second-order valence-electron chi connectivity index (χ2n) is 11.7. The van der Waals surface area contributed by atoms with E-state index in [-0.39, 0.29) is 29.8 Å². The molecule has 0 radical (unpaired) electrons. The van der Waals surface area contributed by atoms with Gasteiger partial charge in [0.05, 0.1) is 18.8 Å². The Labute approximate surface area is 237 Å². The summed E-state index contributed by atoms with van der Waals surface area (Å²) in [6, 6.07) is 8.15. The van der Waals surface area contributed by atoms with Crippen LogP contribution in [0.5, 0.6) is 0 Å². The summed E-state index contributed by atoms with van der Waals surface area (Å²) in [4.78, 5) is 31.9. The molecule has 210 valence electrons. The molecular formula is C29H34ClN7O3. The Balaban J connectivity index is 1.47. The molecule has 1 aromatic carbocycles. The number of fused-ring (bicyclic) bond motifs is 2. The summed E-state index contributed by atoms with van der Waals surface area (Å²) >= 11 is 6.47. The molecule has 1 aliphatic heterocycles. The first-order chi connectivity index (χ1) is 19.5. The van der Waals surface area contributed by atoms with E-state index in [2.05, 4.69) is 33.5 Å². The molecule has 1 N–H and O–H groups in total. The number of nitrogens with zero attached hydrogens (tertiary/aromatic N) is 6. The predicted molar refractivity (Wildman–Crippen MR) is 152 cm³/mol. The third-order valence-electron chi connectivity index (χ3n) is 9.17. The lowest BCUT2D eigenvalue weighted by Gasteiger charge is -2.40. The maximum Gasteiger partial charge on any atom is 0.439 e. The monoisotopic (exact) mass is 563 g/mol. The molecule has 0 amide bonds. The molecule has 1 saturated heterocycles. The van der Waals surface area contributed by atoms with Crippen molar-refractivity contribution in [3.05, 3.63) is 39.8 Å². The van der Waals surface area contributed by atoms with Crippen molar-refractivity contribution in [2.45, 2.75) is 77.0 Å². The molecule has 3 unspecified atom stereocenters. The first-order valence-electron chi connectivity index (χ1n) is 14.5. The number of ether oxygens (including phenoxy) is 1. The Morgan fingerprint density at radius 2 is 1.95 bits per heavy atom. The van der Waals surface area contributed by atoms with Gasteiger partial charge < -0.3 is 14.2 Å². The van der Waals surface area contributed by atoms with Gasteiger partial charge in [0.15, 0.2) is 5.65 Å². The number of rotatable bonds is 5. The van der Waals surface area contributed by atoms with Gasteiger partial charge in [-0.15, -0.1) is 0 Å². The van der Waals surface area contributed by atoms with Crippen LogP contribution in [0.4, 0.5) is 5.95 Å². The van der Waals surface area contributed by atoms with Crippen LogP contribution < -0.4 is 10.7 Å². The van der Waals surface area contributed by atoms with Gasteiger partial charge in [-0.3, -0.25) is 9.51 Å². The number of nitrogens with one attached hydrogen (secondary N) is 1. The lowest BCUT2D eigenvalue weighted by molar-refractivity contribution is 0.0245. The van der Waals surface area contributed by atoms with Gasteiger partial charge in [0, 0.05) is 23.2 Å². The fourth-order valence-corrected chi connectivity index (χ4v) is 7.19. The van der Waals surface area contributed by atoms with Gasteiger partial charge in [-0.25, -0.2) is 14.8 Å². The second-order valence-corrected chi connectivity index (χ2v) is 12.1. The van der Waals surface area contributed by atoms with E-state index in [4.69, 9.17) is 35.8 Å². The third kappa shape index (κ3) is 4.51. The van der Waals surface area contributed by atoms with E-state index < -0.39 is 5.76 Å². The van der Waals surface area contributed by atoms with Gasteiger partial charge in [-0.2, -0.15) is 4.98 Å². The molecule has 11 heteroatoms. The van der Waals surface area contributed by atoms with Crippen LogP contribution in [0.1, 0.15) is 64.8 Å². The average Bonchev–Trinajstić information content (AvgIpc) is 3.70. The highest BCUT2D eigenvalue weighted by atomic mass is 35.5. The van der Waals surface area contributed by atoms with Crippen LogP contribution in [0.2, 0.25) is 5.02 Å². The van der Waals surface area contributed by atoms with Gasteiger partial charge in [-0.1, -0.05) is 48.7 Å². The van der Waals surface area contributed by atoms with E-state index in [1.165, 1.54) is 25.7 Å². The number of hydrogen-bond acceptors (Lipinski definition) is 8. The summed E-state index contributed by atoms with van der Waals surface area (Å²) in [5.41, 5.74) is 3.00. The van der Waals surface area contributed by atoms with Crippen molar-refractivity contribution in [3.8, 4) is 22.9 Å². The number of morpholine rings is 1. The molecule has 2 aliphatic carbocycles. The highest BCUT2D eigenvalue weighted by Crippen LogP contribution is 2.43. The molecule has 40 heavy (non-hydrogen) atoms. The summed E-state index contributed by atoms with van der Waals surface area (Å²) < 4.78 is 13.3. The maximum absolute atomic E-state index is 11.8. The highest BCUT2D eigenvalue weighted by Gasteiger charge is 2.40. The van der Waals surface area contributed by atoms with Crippen LogP contribution >= 0.6 is 11.6 Å². The smallest absolute Gasteiger partial charge is 0.374 e. The quantitative estimate of drug-likeness (QED) is 0.332. The number of benzene rings is 1. The van der Waals surface area contributed by atoms with Crippen LogP contribution in [0.25, 0.3) is 34.1 Å². The van der Waals surface area contributed by atoms with E-state index in [0.717, 1.165) is 48.8 Å². The van der Waals surface area contributed by atoms with Gasteiger partial charge >= 0.3 is 5.76 Å². The fraction of sp³-hybridized carbons (Fsp3) is 0.552. The largest absolute Gasteiger partial charge is 0.439 e. The minimum absolute atomic E-state index is 0.169. The van der Waals surface area contributed by atoms with Crippen LogP contribution in [0, 0.1) is 11.8 Å². The van der Waals surface area contributed by atoms with E-state index in [0.29, 0.717) is 28.9 Å². The van der Waals surface area contributed by atoms with Gasteiger partial charge in [-0.05, 0) is 63.0 Å². The lowest BCUT2D eigenvalue weighted by atomic mass is 9.79. The molecule has 4 aromatic rings. The topological polar surface area (TPSA) is 115 Å².